The van der Waals surface area contributed by atoms with Gasteiger partial charge in [0.05, 0.1) is 4.21 Å². The van der Waals surface area contributed by atoms with Gasteiger partial charge in [-0.1, -0.05) is 17.3 Å². The number of nitrogens with one attached hydrogen (secondary N) is 1. The molecule has 0 saturated carbocycles. The van der Waals surface area contributed by atoms with E-state index in [0.717, 1.165) is 20.2 Å². The number of fused-ring (bicyclic) bond motifs is 2. The van der Waals surface area contributed by atoms with Crippen molar-refractivity contribution in [1.29, 1.82) is 0 Å². The molecule has 2 aliphatic rings. The highest BCUT2D eigenvalue weighted by atomic mass is 32.2. The van der Waals surface area contributed by atoms with Crippen LogP contribution in [0.25, 0.3) is 10.1 Å². The molecule has 196 valence electrons. The Morgan fingerprint density at radius 3 is 2.84 bits per heavy atom. The summed E-state index contributed by atoms with van der Waals surface area (Å²) in [6.45, 7) is 0. The highest BCUT2D eigenvalue weighted by Crippen LogP contribution is 2.42. The third kappa shape index (κ3) is 4.89. The van der Waals surface area contributed by atoms with Crippen LogP contribution in [0, 0.1) is 0 Å². The summed E-state index contributed by atoms with van der Waals surface area (Å²) in [5.41, 5.74) is 6.08. The number of rotatable bonds is 8. The molecule has 5 rings (SSSR count). The Hall–Kier alpha value is -3.40. The second kappa shape index (κ2) is 10.8. The minimum atomic E-state index is -1.23. The van der Waals surface area contributed by atoms with Crippen molar-refractivity contribution >= 4 is 84.9 Å². The van der Waals surface area contributed by atoms with Crippen molar-refractivity contribution in [2.75, 3.05) is 24.3 Å². The van der Waals surface area contributed by atoms with E-state index in [1.165, 1.54) is 46.9 Å². The van der Waals surface area contributed by atoms with Crippen molar-refractivity contribution in [3.05, 3.63) is 62.9 Å². The van der Waals surface area contributed by atoms with Gasteiger partial charge in [0.2, 0.25) is 0 Å². The maximum Gasteiger partial charge on any atom is 0.352 e. The van der Waals surface area contributed by atoms with Crippen LogP contribution < -0.4 is 16.5 Å². The number of nitrogens with two attached hydrogens (primary N) is 1. The number of benzene rings is 1. The number of nitrogen functional groups attached to an aromatic ring is 1. The second-order valence-corrected chi connectivity index (χ2v) is 12.4. The highest BCUT2D eigenvalue weighted by molar-refractivity contribution is 8.02. The Bertz CT molecular complexity index is 1580. The maximum atomic E-state index is 13.0. The van der Waals surface area contributed by atoms with E-state index in [2.05, 4.69) is 15.5 Å². The van der Waals surface area contributed by atoms with E-state index in [4.69, 9.17) is 10.6 Å². The van der Waals surface area contributed by atoms with Crippen LogP contribution in [0.15, 0.2) is 61.1 Å². The molecule has 11 nitrogen and oxygen atoms in total. The number of β-lactam (4-membered cyclic amide) rings is 1. The van der Waals surface area contributed by atoms with Crippen LogP contribution in [0.5, 0.6) is 0 Å². The van der Waals surface area contributed by atoms with Gasteiger partial charge in [-0.25, -0.2) is 9.78 Å². The quantitative estimate of drug-likeness (QED) is 0.154. The number of thiazole rings is 1. The van der Waals surface area contributed by atoms with E-state index in [0.29, 0.717) is 22.5 Å². The van der Waals surface area contributed by atoms with Gasteiger partial charge >= 0.3 is 5.97 Å². The van der Waals surface area contributed by atoms with Gasteiger partial charge in [-0.15, -0.1) is 46.2 Å². The Morgan fingerprint density at radius 2 is 2.13 bits per heavy atom. The average molecular weight is 590 g/mol. The summed E-state index contributed by atoms with van der Waals surface area (Å²) in [6, 6.07) is 7.91. The number of amides is 2. The van der Waals surface area contributed by atoms with Gasteiger partial charge < -0.3 is 21.0 Å². The molecule has 0 aliphatic carbocycles. The minimum absolute atomic E-state index is 0.0945. The first-order valence-corrected chi connectivity index (χ1v) is 14.7. The second-order valence-electron chi connectivity index (χ2n) is 8.03. The molecule has 1 saturated heterocycles. The number of aromatic nitrogens is 1. The summed E-state index contributed by atoms with van der Waals surface area (Å²) < 4.78 is 1.60. The zero-order valence-electron chi connectivity index (χ0n) is 19.6. The number of thioether (sulfide) groups is 2. The molecular weight excluding hydrogens is 571 g/mol. The van der Waals surface area contributed by atoms with E-state index >= 15 is 0 Å². The Balaban J connectivity index is 1.32. The van der Waals surface area contributed by atoms with Crippen LogP contribution in [0.3, 0.4) is 0 Å². The number of hydrogen-bond acceptors (Lipinski definition) is 12. The van der Waals surface area contributed by atoms with Gasteiger partial charge in [-0.3, -0.25) is 19.3 Å². The van der Waals surface area contributed by atoms with E-state index in [1.54, 1.807) is 17.5 Å². The molecule has 1 fully saturated rings. The lowest BCUT2D eigenvalue weighted by atomic mass is 10.0. The van der Waals surface area contributed by atoms with Crippen LogP contribution in [0.4, 0.5) is 5.13 Å². The number of nitrogens with zero attached hydrogens (tertiary/aromatic N) is 3. The van der Waals surface area contributed by atoms with E-state index in [-0.39, 0.29) is 27.7 Å². The fraction of sp³-hybridized carbons (Fsp3) is 0.217. The summed E-state index contributed by atoms with van der Waals surface area (Å²) in [4.78, 5) is 60.5. The number of aliphatic carboxylic acids is 1. The molecule has 38 heavy (non-hydrogen) atoms. The third-order valence-corrected chi connectivity index (χ3v) is 10.1. The molecule has 1 aromatic carbocycles. The lowest BCUT2D eigenvalue weighted by Gasteiger charge is -2.49. The van der Waals surface area contributed by atoms with E-state index in [9.17, 15) is 24.3 Å². The molecule has 3 aromatic rings. The molecule has 0 radical (unpaired) electrons. The molecule has 15 heteroatoms. The van der Waals surface area contributed by atoms with Crippen LogP contribution in [-0.4, -0.2) is 68.5 Å². The van der Waals surface area contributed by atoms with Crippen LogP contribution in [0.1, 0.15) is 5.69 Å². The predicted molar refractivity (Wildman–Crippen MR) is 149 cm³/mol. The molecule has 0 unspecified atom stereocenters. The van der Waals surface area contributed by atoms with Gasteiger partial charge in [0, 0.05) is 33.0 Å². The predicted octanol–water partition coefficient (Wildman–Crippen LogP) is 2.18. The third-order valence-electron chi connectivity index (χ3n) is 5.70. The van der Waals surface area contributed by atoms with Crippen LogP contribution in [0.2, 0.25) is 0 Å². The van der Waals surface area contributed by atoms with Crippen molar-refractivity contribution in [2.24, 2.45) is 5.16 Å². The molecule has 4 heterocycles. The number of hydrogen-bond donors (Lipinski definition) is 3. The summed E-state index contributed by atoms with van der Waals surface area (Å²) in [5, 5.41) is 18.1. The number of anilines is 1. The normalized spacial score (nSPS) is 19.2. The molecule has 2 atom stereocenters. The molecule has 2 aromatic heterocycles. The standard InChI is InChI=1S/C23H19N5O6S4/c1-34-27-16(12-9-37-23(24)25-12)19(30)26-17-20(31)28-18(22(32)33)10(8-36-21(17)28)7-35-15-6-13(29)11-4-2-3-5-14(11)38-15/h2-6,9,17,21H,7-8H2,1H3,(H2,24,25)(H,26,30)(H,32,33)/b27-16-/t17-,21-/m1/s1. The molecule has 0 spiro atoms. The van der Waals surface area contributed by atoms with Crippen LogP contribution in [-0.2, 0) is 19.2 Å². The molecule has 2 amide bonds. The Morgan fingerprint density at radius 1 is 1.34 bits per heavy atom. The van der Waals surface area contributed by atoms with Crippen molar-refractivity contribution in [3.63, 3.8) is 0 Å². The van der Waals surface area contributed by atoms with E-state index in [1.807, 2.05) is 18.2 Å². The summed E-state index contributed by atoms with van der Waals surface area (Å²) in [5.74, 6) is -1.81. The smallest absolute Gasteiger partial charge is 0.352 e. The fourth-order valence-electron chi connectivity index (χ4n) is 4.01. The van der Waals surface area contributed by atoms with E-state index < -0.39 is 29.2 Å². The first-order chi connectivity index (χ1) is 18.3. The first kappa shape index (κ1) is 26.2. The lowest BCUT2D eigenvalue weighted by molar-refractivity contribution is -0.150. The number of carboxylic acids is 1. The average Bonchev–Trinajstić information content (AvgIpc) is 3.33. The zero-order chi connectivity index (χ0) is 27.0. The molecular formula is C23H19N5O6S4. The highest BCUT2D eigenvalue weighted by Gasteiger charge is 2.54. The van der Waals surface area contributed by atoms with Gasteiger partial charge in [0.15, 0.2) is 16.3 Å². The summed E-state index contributed by atoms with van der Waals surface area (Å²) in [7, 11) is 1.27. The van der Waals surface area contributed by atoms with Gasteiger partial charge in [-0.2, -0.15) is 0 Å². The van der Waals surface area contributed by atoms with Crippen molar-refractivity contribution < 1.29 is 24.3 Å². The van der Waals surface area contributed by atoms with Crippen molar-refractivity contribution in [2.45, 2.75) is 15.6 Å². The minimum Gasteiger partial charge on any atom is -0.477 e. The van der Waals surface area contributed by atoms with Gasteiger partial charge in [0.25, 0.3) is 11.8 Å². The molecule has 2 aliphatic heterocycles. The fourth-order valence-corrected chi connectivity index (χ4v) is 8.27. The Kier molecular flexibility index (Phi) is 7.43. The zero-order valence-corrected chi connectivity index (χ0v) is 22.8. The lowest BCUT2D eigenvalue weighted by Crippen LogP contribution is -2.71. The SMILES string of the molecule is CO/N=C(\C(=O)N[C@@H]1C(=O)N2C(C(=O)O)=C(CSc3cc(=O)c4ccccc4s3)CS[C@H]12)c1csc(N)n1. The number of carboxylic acid groups (broad SMARTS) is 1. The summed E-state index contributed by atoms with van der Waals surface area (Å²) in [6.07, 6.45) is 0. The molecule has 0 bridgehead atoms. The Labute approximate surface area is 231 Å². The number of carbonyl (C=O) groups is 3. The number of oxime groups is 1. The topological polar surface area (TPSA) is 164 Å². The molecule has 4 N–H and O–H groups in total. The van der Waals surface area contributed by atoms with Crippen molar-refractivity contribution in [3.8, 4) is 0 Å². The maximum absolute atomic E-state index is 13.0. The largest absolute Gasteiger partial charge is 0.477 e. The monoisotopic (exact) mass is 589 g/mol. The summed E-state index contributed by atoms with van der Waals surface area (Å²) >= 11 is 5.29. The van der Waals surface area contributed by atoms with Crippen molar-refractivity contribution in [1.82, 2.24) is 15.2 Å². The van der Waals surface area contributed by atoms with Crippen LogP contribution >= 0.6 is 46.2 Å². The van der Waals surface area contributed by atoms with Gasteiger partial charge in [-0.05, 0) is 17.7 Å². The number of carbonyl (C=O) groups excluding carboxylic acids is 2. The van der Waals surface area contributed by atoms with Gasteiger partial charge in [0.1, 0.15) is 29.9 Å². The first-order valence-electron chi connectivity index (χ1n) is 11.0.